The van der Waals surface area contributed by atoms with Crippen LogP contribution in [0.3, 0.4) is 0 Å². The van der Waals surface area contributed by atoms with E-state index in [0.717, 1.165) is 17.1 Å². The fraction of sp³-hybridized carbons (Fsp3) is 0.421. The number of carbonyl (C=O) groups excluding carboxylic acids is 6. The van der Waals surface area contributed by atoms with E-state index in [1.54, 1.807) is 72.8 Å². The highest BCUT2D eigenvalue weighted by Gasteiger charge is 2.41. The van der Waals surface area contributed by atoms with Gasteiger partial charge in [-0.05, 0) is 90.6 Å². The predicted octanol–water partition coefficient (Wildman–Crippen LogP) is 5.31. The van der Waals surface area contributed by atoms with Gasteiger partial charge in [0.2, 0.25) is 0 Å². The number of benzene rings is 3. The fourth-order valence-corrected chi connectivity index (χ4v) is 8.08. The molecular weight excluding hydrogens is 1010 g/mol. The Morgan fingerprint density at radius 2 is 0.808 bits per heavy atom. The largest absolute Gasteiger partial charge is 0.468 e. The second kappa shape index (κ2) is 28.0. The molecule has 408 valence electrons. The molecule has 0 bridgehead atoms. The molecule has 21 nitrogen and oxygen atoms in total. The summed E-state index contributed by atoms with van der Waals surface area (Å²) in [6.07, 6.45) is 4.24. The number of esters is 6. The minimum Gasteiger partial charge on any atom is -0.468 e. The molecule has 5 atom stereocenters. The first kappa shape index (κ1) is 57.2. The number of anilines is 3. The zero-order valence-electron chi connectivity index (χ0n) is 43.5. The van der Waals surface area contributed by atoms with E-state index in [-0.39, 0.29) is 94.2 Å². The topological polar surface area (TPSA) is 238 Å². The van der Waals surface area contributed by atoms with Crippen molar-refractivity contribution in [3.8, 4) is 6.07 Å². The smallest absolute Gasteiger partial charge is 0.348 e. The molecule has 1 saturated carbocycles. The van der Waals surface area contributed by atoms with Gasteiger partial charge in [-0.15, -0.1) is 0 Å². The molecule has 0 radical (unpaired) electrons. The van der Waals surface area contributed by atoms with Gasteiger partial charge in [-0.1, -0.05) is 36.4 Å². The molecule has 3 aromatic rings. The van der Waals surface area contributed by atoms with Crippen LogP contribution in [0.15, 0.2) is 89.8 Å². The molecule has 0 aromatic heterocycles. The Kier molecular flexibility index (Phi) is 20.5. The Hall–Kier alpha value is -8.55. The van der Waals surface area contributed by atoms with Gasteiger partial charge < -0.3 is 57.3 Å². The van der Waals surface area contributed by atoms with Crippen LogP contribution in [0, 0.1) is 42.2 Å². The Bertz CT molecular complexity index is 2540. The van der Waals surface area contributed by atoms with E-state index in [0.29, 0.717) is 56.1 Å². The number of hydrogen-bond acceptors (Lipinski definition) is 19. The quantitative estimate of drug-likeness (QED) is 0.0235. The third-order valence-electron chi connectivity index (χ3n) is 13.0. The zero-order chi connectivity index (χ0) is 55.6. The molecule has 3 aliphatic heterocycles. The van der Waals surface area contributed by atoms with Crippen LogP contribution in [0.2, 0.25) is 0 Å². The predicted molar refractivity (Wildman–Crippen MR) is 281 cm³/mol. The normalized spacial score (nSPS) is 20.2. The summed E-state index contributed by atoms with van der Waals surface area (Å²) >= 11 is 0. The van der Waals surface area contributed by atoms with Crippen LogP contribution in [-0.4, -0.2) is 154 Å². The van der Waals surface area contributed by atoms with Gasteiger partial charge in [-0.25, -0.2) is 14.5 Å². The molecule has 0 spiro atoms. The van der Waals surface area contributed by atoms with Crippen LogP contribution in [0.25, 0.3) is 27.9 Å². The summed E-state index contributed by atoms with van der Waals surface area (Å²) in [6, 6.07) is 23.1. The summed E-state index contributed by atoms with van der Waals surface area (Å²) in [4.78, 5) is 90.5. The number of likely N-dealkylation sites (N-methyl/N-ethyl adjacent to an activating group) is 3. The molecular formula is C57H60N6O15. The highest BCUT2D eigenvalue weighted by Crippen LogP contribution is 2.36. The highest BCUT2D eigenvalue weighted by atomic mass is 16.6. The Morgan fingerprint density at radius 3 is 1.09 bits per heavy atom. The average Bonchev–Trinajstić information content (AvgIpc) is 4.30. The van der Waals surface area contributed by atoms with Crippen LogP contribution in [0.4, 0.5) is 17.1 Å². The van der Waals surface area contributed by atoms with Gasteiger partial charge in [-0.3, -0.25) is 24.0 Å². The lowest BCUT2D eigenvalue weighted by atomic mass is 9.75. The third kappa shape index (κ3) is 17.8. The number of hydrogen-bond donors (Lipinski definition) is 0. The van der Waals surface area contributed by atoms with Crippen molar-refractivity contribution in [1.29, 1.82) is 5.26 Å². The van der Waals surface area contributed by atoms with Crippen molar-refractivity contribution in [3.63, 3.8) is 0 Å². The summed E-state index contributed by atoms with van der Waals surface area (Å²) < 4.78 is 47.8. The van der Waals surface area contributed by atoms with Gasteiger partial charge in [0.15, 0.2) is 0 Å². The van der Waals surface area contributed by atoms with E-state index < -0.39 is 53.6 Å². The molecule has 0 N–H and O–H groups in total. The third-order valence-corrected chi connectivity index (χ3v) is 13.0. The standard InChI is InChI=1S/C57H60N6O15/c1-59-50(56(68)77-35-48-32-74-48)25-38-8-14-45(15-9-38)62(4)19-22-71-53(65)41-27-40(52(64)70-21-18-61(3)44-12-6-37(7-13-44)24-43(30-58)55(67)76-34-47-31-73-47)28-42(29-41)54(66)72-23-20-63(5)46-16-10-39(11-17-46)26-51(60-2)57(69)78-36-49-33-75-49/h6-17,24-26,40-42,47-49H,18-23,27-29,31-36H2,3-5H3/b43-24+,50-25-,51-26-. The lowest BCUT2D eigenvalue weighted by Crippen LogP contribution is -2.38. The van der Waals surface area contributed by atoms with Gasteiger partial charge in [-0.2, -0.15) is 5.26 Å². The molecule has 3 saturated heterocycles. The van der Waals surface area contributed by atoms with Crippen molar-refractivity contribution in [2.45, 2.75) is 37.6 Å². The van der Waals surface area contributed by atoms with Crippen LogP contribution in [0.5, 0.6) is 0 Å². The van der Waals surface area contributed by atoms with Crippen LogP contribution in [-0.2, 0) is 71.4 Å². The van der Waals surface area contributed by atoms with E-state index in [4.69, 9.17) is 55.8 Å². The molecule has 3 aromatic carbocycles. The van der Waals surface area contributed by atoms with E-state index in [1.807, 2.05) is 41.9 Å². The number of epoxide rings is 3. The summed E-state index contributed by atoms with van der Waals surface area (Å²) in [5, 5.41) is 9.51. The monoisotopic (exact) mass is 1070 g/mol. The van der Waals surface area contributed by atoms with Gasteiger partial charge in [0.05, 0.1) is 70.4 Å². The number of nitrogens with zero attached hydrogens (tertiary/aromatic N) is 6. The maximum atomic E-state index is 13.7. The van der Waals surface area contributed by atoms with Crippen LogP contribution in [0.1, 0.15) is 36.0 Å². The second-order valence-electron chi connectivity index (χ2n) is 19.0. The van der Waals surface area contributed by atoms with E-state index in [1.165, 1.54) is 18.2 Å². The van der Waals surface area contributed by atoms with E-state index >= 15 is 0 Å². The van der Waals surface area contributed by atoms with Crippen molar-refractivity contribution in [1.82, 2.24) is 0 Å². The van der Waals surface area contributed by atoms with Gasteiger partial charge in [0.25, 0.3) is 11.4 Å². The summed E-state index contributed by atoms with van der Waals surface area (Å²) in [7, 11) is 5.43. The fourth-order valence-electron chi connectivity index (χ4n) is 8.08. The Labute approximate surface area is 452 Å². The number of ether oxygens (including phenoxy) is 9. The molecule has 0 amide bonds. The second-order valence-corrected chi connectivity index (χ2v) is 19.0. The van der Waals surface area contributed by atoms with Gasteiger partial charge in [0, 0.05) is 38.2 Å². The van der Waals surface area contributed by atoms with Crippen molar-refractivity contribution in [2.24, 2.45) is 17.8 Å². The van der Waals surface area contributed by atoms with Crippen LogP contribution < -0.4 is 14.7 Å². The highest BCUT2D eigenvalue weighted by molar-refractivity contribution is 5.98. The van der Waals surface area contributed by atoms with E-state index in [2.05, 4.69) is 9.69 Å². The van der Waals surface area contributed by atoms with Crippen molar-refractivity contribution < 1.29 is 71.4 Å². The van der Waals surface area contributed by atoms with Gasteiger partial charge in [0.1, 0.15) is 69.6 Å². The number of nitriles is 1. The molecule has 4 fully saturated rings. The van der Waals surface area contributed by atoms with Crippen molar-refractivity contribution >= 4 is 71.1 Å². The maximum Gasteiger partial charge on any atom is 0.348 e. The number of rotatable bonds is 27. The lowest BCUT2D eigenvalue weighted by molar-refractivity contribution is -0.160. The lowest BCUT2D eigenvalue weighted by Gasteiger charge is -2.32. The van der Waals surface area contributed by atoms with Gasteiger partial charge >= 0.3 is 35.8 Å². The van der Waals surface area contributed by atoms with Crippen LogP contribution >= 0.6 is 0 Å². The Morgan fingerprint density at radius 1 is 0.513 bits per heavy atom. The van der Waals surface area contributed by atoms with E-state index in [9.17, 15) is 34.0 Å². The molecule has 78 heavy (non-hydrogen) atoms. The first-order valence-electron chi connectivity index (χ1n) is 25.3. The molecule has 1 aliphatic carbocycles. The first-order valence-corrected chi connectivity index (χ1v) is 25.3. The molecule has 21 heteroatoms. The SMILES string of the molecule is [C-]#[N+]/C(=C\c1ccc(N(C)CCOC(=O)C2CC(C(=O)OCCN(C)c3ccc(/C=C(\[N+]#[C-])C(=O)OCC4CO4)cc3)CC(C(=O)OCCN(C)c3ccc(/C=C(\C#N)C(=O)OCC4CO4)cc3)C2)cc1)C(=O)OCC1CO1. The number of carbonyl (C=O) groups is 6. The molecule has 4 aliphatic rings. The van der Waals surface area contributed by atoms with Crippen molar-refractivity contribution in [2.75, 3.05) is 115 Å². The minimum atomic E-state index is -0.816. The minimum absolute atomic E-state index is 0.00490. The summed E-state index contributed by atoms with van der Waals surface area (Å²) in [6.45, 7) is 17.5. The average molecular weight is 1070 g/mol. The summed E-state index contributed by atoms with van der Waals surface area (Å²) in [5.74, 6) is -6.34. The Balaban J connectivity index is 0.921. The molecule has 3 heterocycles. The molecule has 7 rings (SSSR count). The van der Waals surface area contributed by atoms with Crippen molar-refractivity contribution in [3.05, 3.63) is 129 Å². The summed E-state index contributed by atoms with van der Waals surface area (Å²) in [5.41, 5.74) is 3.69. The maximum absolute atomic E-state index is 13.7. The first-order chi connectivity index (χ1) is 37.7. The zero-order valence-corrected chi connectivity index (χ0v) is 43.5. The molecule has 5 unspecified atom stereocenters.